The van der Waals surface area contributed by atoms with Gasteiger partial charge in [-0.2, -0.15) is 24.6 Å². The number of hydrogen-bond acceptors (Lipinski definition) is 7. The molecule has 3 aromatic heterocycles. The standard InChI is InChI=1S/C18H20N8O/c1-10-8-27-9-11-4-13(17-14(5-11)23-25(3)24-17)21-15-6-16(19-2)26-18(22-15)12(10)7-20-26/h4-7,10,19H,8-9H2,1-3H3,(H,21,22). The first-order valence-electron chi connectivity index (χ1n) is 8.87. The molecule has 0 saturated carbocycles. The molecule has 1 aliphatic rings. The van der Waals surface area contributed by atoms with Gasteiger partial charge < -0.3 is 15.4 Å². The Hall–Kier alpha value is -3.20. The van der Waals surface area contributed by atoms with Crippen LogP contribution >= 0.6 is 0 Å². The molecule has 27 heavy (non-hydrogen) atoms. The van der Waals surface area contributed by atoms with E-state index in [4.69, 9.17) is 9.72 Å². The van der Waals surface area contributed by atoms with Crippen LogP contribution < -0.4 is 10.6 Å². The SMILES string of the molecule is CNc1cc2nc3c(cnn13)C(C)COCc1cc(c3nn(C)nc3c1)N2. The highest BCUT2D eigenvalue weighted by atomic mass is 16.5. The summed E-state index contributed by atoms with van der Waals surface area (Å²) in [5, 5.41) is 20.0. The number of anilines is 3. The van der Waals surface area contributed by atoms with Gasteiger partial charge in [0.05, 0.1) is 25.1 Å². The van der Waals surface area contributed by atoms with Crippen LogP contribution in [0.15, 0.2) is 24.4 Å². The summed E-state index contributed by atoms with van der Waals surface area (Å²) >= 11 is 0. The fourth-order valence-corrected chi connectivity index (χ4v) is 3.51. The Morgan fingerprint density at radius 2 is 2.15 bits per heavy atom. The molecule has 1 aromatic carbocycles. The van der Waals surface area contributed by atoms with E-state index in [1.807, 2.05) is 43.0 Å². The maximum atomic E-state index is 5.98. The molecule has 0 amide bonds. The Morgan fingerprint density at radius 1 is 1.26 bits per heavy atom. The van der Waals surface area contributed by atoms with Gasteiger partial charge in [-0.3, -0.25) is 0 Å². The van der Waals surface area contributed by atoms with Crippen molar-refractivity contribution in [3.05, 3.63) is 35.5 Å². The molecule has 4 aromatic rings. The van der Waals surface area contributed by atoms with E-state index >= 15 is 0 Å². The third kappa shape index (κ3) is 2.58. The molecule has 4 bridgehead atoms. The van der Waals surface area contributed by atoms with Crippen molar-refractivity contribution in [1.29, 1.82) is 0 Å². The summed E-state index contributed by atoms with van der Waals surface area (Å²) in [5.41, 5.74) is 5.40. The van der Waals surface area contributed by atoms with Gasteiger partial charge in [0.1, 0.15) is 22.7 Å². The lowest BCUT2D eigenvalue weighted by atomic mass is 10.1. The lowest BCUT2D eigenvalue weighted by Gasteiger charge is -2.15. The Labute approximate surface area is 155 Å². The monoisotopic (exact) mass is 364 g/mol. The third-order valence-corrected chi connectivity index (χ3v) is 4.83. The fraction of sp³-hybridized carbons (Fsp3) is 0.333. The summed E-state index contributed by atoms with van der Waals surface area (Å²) in [6.07, 6.45) is 1.87. The zero-order chi connectivity index (χ0) is 18.5. The first kappa shape index (κ1) is 16.0. The van der Waals surface area contributed by atoms with Crippen molar-refractivity contribution in [2.75, 3.05) is 24.3 Å². The van der Waals surface area contributed by atoms with Crippen molar-refractivity contribution >= 4 is 34.0 Å². The Bertz CT molecular complexity index is 1160. The van der Waals surface area contributed by atoms with Gasteiger partial charge in [0.2, 0.25) is 0 Å². The summed E-state index contributed by atoms with van der Waals surface area (Å²) in [4.78, 5) is 6.39. The molecule has 0 aliphatic carbocycles. The number of hydrogen-bond donors (Lipinski definition) is 2. The zero-order valence-electron chi connectivity index (χ0n) is 15.4. The van der Waals surface area contributed by atoms with Gasteiger partial charge in [0.25, 0.3) is 0 Å². The minimum absolute atomic E-state index is 0.175. The predicted molar refractivity (Wildman–Crippen MR) is 102 cm³/mol. The average molecular weight is 364 g/mol. The Kier molecular flexibility index (Phi) is 3.51. The maximum absolute atomic E-state index is 5.98. The van der Waals surface area contributed by atoms with Crippen LogP contribution in [0.4, 0.5) is 17.3 Å². The molecule has 0 spiro atoms. The van der Waals surface area contributed by atoms with E-state index in [0.29, 0.717) is 13.2 Å². The highest BCUT2D eigenvalue weighted by Gasteiger charge is 2.19. The molecule has 2 N–H and O–H groups in total. The zero-order valence-corrected chi connectivity index (χ0v) is 15.4. The quantitative estimate of drug-likeness (QED) is 0.536. The molecule has 138 valence electrons. The average Bonchev–Trinajstić information content (AvgIpc) is 3.23. The van der Waals surface area contributed by atoms with Crippen molar-refractivity contribution in [2.45, 2.75) is 19.4 Å². The van der Waals surface area contributed by atoms with Crippen LogP contribution in [-0.4, -0.2) is 43.2 Å². The number of benzene rings is 1. The van der Waals surface area contributed by atoms with E-state index in [9.17, 15) is 0 Å². The smallest absolute Gasteiger partial charge is 0.163 e. The molecule has 0 fully saturated rings. The van der Waals surface area contributed by atoms with Gasteiger partial charge in [0.15, 0.2) is 5.65 Å². The largest absolute Gasteiger partial charge is 0.376 e. The van der Waals surface area contributed by atoms with Gasteiger partial charge in [-0.25, -0.2) is 4.98 Å². The molecule has 0 radical (unpaired) electrons. The summed E-state index contributed by atoms with van der Waals surface area (Å²) < 4.78 is 7.80. The maximum Gasteiger partial charge on any atom is 0.163 e. The molecular formula is C18H20N8O. The third-order valence-electron chi connectivity index (χ3n) is 4.83. The minimum atomic E-state index is 0.175. The highest BCUT2D eigenvalue weighted by molar-refractivity contribution is 5.90. The van der Waals surface area contributed by atoms with Crippen LogP contribution in [0.2, 0.25) is 0 Å². The second-order valence-electron chi connectivity index (χ2n) is 6.85. The molecule has 0 saturated heterocycles. The molecule has 1 unspecified atom stereocenters. The van der Waals surface area contributed by atoms with Crippen LogP contribution in [0.3, 0.4) is 0 Å². The van der Waals surface area contributed by atoms with Gasteiger partial charge in [0, 0.05) is 31.6 Å². The fourth-order valence-electron chi connectivity index (χ4n) is 3.51. The van der Waals surface area contributed by atoms with Gasteiger partial charge in [-0.1, -0.05) is 6.92 Å². The number of rotatable bonds is 1. The minimum Gasteiger partial charge on any atom is -0.376 e. The summed E-state index contributed by atoms with van der Waals surface area (Å²) in [6.45, 7) is 3.23. The van der Waals surface area contributed by atoms with E-state index in [0.717, 1.165) is 45.1 Å². The molecule has 1 aliphatic heterocycles. The van der Waals surface area contributed by atoms with Gasteiger partial charge >= 0.3 is 0 Å². The summed E-state index contributed by atoms with van der Waals surface area (Å²) in [6, 6.07) is 6.00. The number of ether oxygens (including phenoxy) is 1. The Morgan fingerprint density at radius 3 is 3.00 bits per heavy atom. The second-order valence-corrected chi connectivity index (χ2v) is 6.85. The number of nitrogens with one attached hydrogen (secondary N) is 2. The predicted octanol–water partition coefficient (Wildman–Crippen LogP) is 2.43. The van der Waals surface area contributed by atoms with Crippen LogP contribution in [0.1, 0.15) is 24.0 Å². The first-order chi connectivity index (χ1) is 13.1. The van der Waals surface area contributed by atoms with E-state index in [-0.39, 0.29) is 5.92 Å². The lowest BCUT2D eigenvalue weighted by molar-refractivity contribution is 0.110. The number of fused-ring (bicyclic) bond motifs is 5. The normalized spacial score (nSPS) is 16.9. The van der Waals surface area contributed by atoms with Crippen LogP contribution in [0.5, 0.6) is 0 Å². The molecule has 1 atom stereocenters. The van der Waals surface area contributed by atoms with Crippen molar-refractivity contribution in [3.63, 3.8) is 0 Å². The van der Waals surface area contributed by atoms with Crippen LogP contribution in [0.25, 0.3) is 16.7 Å². The van der Waals surface area contributed by atoms with E-state index in [1.54, 1.807) is 4.80 Å². The van der Waals surface area contributed by atoms with Crippen LogP contribution in [0, 0.1) is 0 Å². The number of aryl methyl sites for hydroxylation is 1. The van der Waals surface area contributed by atoms with E-state index in [1.165, 1.54) is 0 Å². The van der Waals surface area contributed by atoms with E-state index < -0.39 is 0 Å². The number of aromatic nitrogens is 6. The van der Waals surface area contributed by atoms with Gasteiger partial charge in [-0.15, -0.1) is 0 Å². The molecule has 9 nitrogen and oxygen atoms in total. The molecule has 9 heteroatoms. The number of nitrogens with zero attached hydrogens (tertiary/aromatic N) is 6. The first-order valence-corrected chi connectivity index (χ1v) is 8.87. The van der Waals surface area contributed by atoms with Gasteiger partial charge in [-0.05, 0) is 17.7 Å². The van der Waals surface area contributed by atoms with E-state index in [2.05, 4.69) is 32.9 Å². The Balaban J connectivity index is 1.75. The second kappa shape index (κ2) is 5.92. The van der Waals surface area contributed by atoms with Crippen molar-refractivity contribution in [1.82, 2.24) is 29.6 Å². The summed E-state index contributed by atoms with van der Waals surface area (Å²) in [5.74, 6) is 1.76. The van der Waals surface area contributed by atoms with Crippen molar-refractivity contribution < 1.29 is 4.74 Å². The topological polar surface area (TPSA) is 94.2 Å². The summed E-state index contributed by atoms with van der Waals surface area (Å²) in [7, 11) is 3.69. The lowest BCUT2D eigenvalue weighted by Crippen LogP contribution is -2.09. The van der Waals surface area contributed by atoms with Crippen molar-refractivity contribution in [2.24, 2.45) is 7.05 Å². The highest BCUT2D eigenvalue weighted by Crippen LogP contribution is 2.30. The molecule has 4 heterocycles. The van der Waals surface area contributed by atoms with Crippen molar-refractivity contribution in [3.8, 4) is 0 Å². The molecular weight excluding hydrogens is 344 g/mol. The van der Waals surface area contributed by atoms with Crippen LogP contribution in [-0.2, 0) is 18.4 Å². The molecule has 5 rings (SSSR count).